The van der Waals surface area contributed by atoms with Crippen LogP contribution >= 0.6 is 0 Å². The molecular weight excluding hydrogens is 309 g/mol. The fourth-order valence-electron chi connectivity index (χ4n) is 2.70. The number of halogens is 1. The number of carbonyl (C=O) groups is 1. The second kappa shape index (κ2) is 6.75. The average molecular weight is 327 g/mol. The Hall–Kier alpha value is -2.81. The standard InChI is InChI=1S/C18H18FN3O2/c1-12(17-3-2-8-24-17)22(15-6-7-15)18(23)21-11-14-5-4-13(10-20)9-16(14)19/h2-5,8-9,12,15H,6-7,11H2,1H3,(H,21,23)/t12-/m1/s1. The van der Waals surface area contributed by atoms with Gasteiger partial charge in [-0.2, -0.15) is 5.26 Å². The van der Waals surface area contributed by atoms with Crippen molar-refractivity contribution in [1.29, 1.82) is 5.26 Å². The van der Waals surface area contributed by atoms with Gasteiger partial charge in [0.2, 0.25) is 0 Å². The van der Waals surface area contributed by atoms with Crippen molar-refractivity contribution in [3.05, 3.63) is 59.3 Å². The van der Waals surface area contributed by atoms with E-state index in [9.17, 15) is 9.18 Å². The van der Waals surface area contributed by atoms with Crippen molar-refractivity contribution in [2.75, 3.05) is 0 Å². The summed E-state index contributed by atoms with van der Waals surface area (Å²) in [6.07, 6.45) is 3.51. The maximum Gasteiger partial charge on any atom is 0.318 e. The predicted molar refractivity (Wildman–Crippen MR) is 85.3 cm³/mol. The van der Waals surface area contributed by atoms with Crippen molar-refractivity contribution in [2.24, 2.45) is 0 Å². The molecule has 6 heteroatoms. The average Bonchev–Trinajstić information content (AvgIpc) is 3.25. The van der Waals surface area contributed by atoms with Gasteiger partial charge in [-0.25, -0.2) is 9.18 Å². The predicted octanol–water partition coefficient (Wildman–Crippen LogP) is 3.73. The molecule has 5 nitrogen and oxygen atoms in total. The molecule has 0 unspecified atom stereocenters. The van der Waals surface area contributed by atoms with Gasteiger partial charge < -0.3 is 14.6 Å². The third-order valence-corrected chi connectivity index (χ3v) is 4.16. The number of nitrogens with zero attached hydrogens (tertiary/aromatic N) is 2. The van der Waals surface area contributed by atoms with Crippen LogP contribution in [0.2, 0.25) is 0 Å². The molecule has 24 heavy (non-hydrogen) atoms. The minimum Gasteiger partial charge on any atom is -0.467 e. The lowest BCUT2D eigenvalue weighted by Crippen LogP contribution is -2.42. The minimum atomic E-state index is -0.494. The fraction of sp³-hybridized carbons (Fsp3) is 0.333. The summed E-state index contributed by atoms with van der Waals surface area (Å²) in [5.74, 6) is 0.230. The van der Waals surface area contributed by atoms with E-state index < -0.39 is 5.82 Å². The van der Waals surface area contributed by atoms with E-state index in [-0.39, 0.29) is 30.2 Å². The second-order valence-electron chi connectivity index (χ2n) is 5.91. The number of urea groups is 1. The van der Waals surface area contributed by atoms with Gasteiger partial charge in [0.15, 0.2) is 0 Å². The Bertz CT molecular complexity index is 763. The third-order valence-electron chi connectivity index (χ3n) is 4.16. The van der Waals surface area contributed by atoms with Crippen LogP contribution in [0, 0.1) is 17.1 Å². The Balaban J connectivity index is 1.67. The van der Waals surface area contributed by atoms with Gasteiger partial charge in [0, 0.05) is 18.2 Å². The highest BCUT2D eigenvalue weighted by Gasteiger charge is 2.37. The summed E-state index contributed by atoms with van der Waals surface area (Å²) < 4.78 is 19.3. The number of furan rings is 1. The molecule has 2 aromatic rings. The highest BCUT2D eigenvalue weighted by Crippen LogP contribution is 2.34. The van der Waals surface area contributed by atoms with Gasteiger partial charge in [0.1, 0.15) is 11.6 Å². The first-order chi connectivity index (χ1) is 11.6. The molecule has 1 atom stereocenters. The van der Waals surface area contributed by atoms with Gasteiger partial charge in [0.05, 0.1) is 23.9 Å². The first kappa shape index (κ1) is 16.1. The van der Waals surface area contributed by atoms with Crippen molar-refractivity contribution in [3.8, 4) is 6.07 Å². The van der Waals surface area contributed by atoms with Crippen LogP contribution in [-0.4, -0.2) is 17.0 Å². The molecule has 124 valence electrons. The molecule has 1 N–H and O–H groups in total. The van der Waals surface area contributed by atoms with Gasteiger partial charge >= 0.3 is 6.03 Å². The fourth-order valence-corrected chi connectivity index (χ4v) is 2.70. The van der Waals surface area contributed by atoms with E-state index in [1.54, 1.807) is 17.2 Å². The van der Waals surface area contributed by atoms with Crippen molar-refractivity contribution in [2.45, 2.75) is 38.4 Å². The minimum absolute atomic E-state index is 0.0739. The van der Waals surface area contributed by atoms with E-state index in [1.165, 1.54) is 18.2 Å². The summed E-state index contributed by atoms with van der Waals surface area (Å²) in [6, 6.07) is 9.51. The SMILES string of the molecule is C[C@H](c1ccco1)N(C(=O)NCc1ccc(C#N)cc1F)C1CC1. The second-order valence-corrected chi connectivity index (χ2v) is 5.91. The normalized spacial score (nSPS) is 14.7. The zero-order valence-electron chi connectivity index (χ0n) is 13.3. The molecule has 0 spiro atoms. The summed E-state index contributed by atoms with van der Waals surface area (Å²) in [6.45, 7) is 1.99. The van der Waals surface area contributed by atoms with E-state index in [0.29, 0.717) is 5.56 Å². The number of carbonyl (C=O) groups excluding carboxylic acids is 1. The van der Waals surface area contributed by atoms with Crippen LogP contribution in [0.15, 0.2) is 41.0 Å². The zero-order chi connectivity index (χ0) is 17.1. The maximum atomic E-state index is 13.9. The Labute approximate surface area is 139 Å². The summed E-state index contributed by atoms with van der Waals surface area (Å²) in [4.78, 5) is 14.3. The van der Waals surface area contributed by atoms with E-state index >= 15 is 0 Å². The van der Waals surface area contributed by atoms with E-state index in [1.807, 2.05) is 19.1 Å². The summed E-state index contributed by atoms with van der Waals surface area (Å²) >= 11 is 0. The third kappa shape index (κ3) is 3.40. The lowest BCUT2D eigenvalue weighted by Gasteiger charge is -2.28. The number of rotatable bonds is 5. The first-order valence-electron chi connectivity index (χ1n) is 7.88. The molecule has 0 bridgehead atoms. The van der Waals surface area contributed by atoms with Crippen LogP contribution in [-0.2, 0) is 6.54 Å². The molecule has 1 saturated carbocycles. The van der Waals surface area contributed by atoms with Gasteiger partial charge in [0.25, 0.3) is 0 Å². The van der Waals surface area contributed by atoms with E-state index in [4.69, 9.17) is 9.68 Å². The largest absolute Gasteiger partial charge is 0.467 e. The number of nitrogens with one attached hydrogen (secondary N) is 1. The van der Waals surface area contributed by atoms with Gasteiger partial charge in [-0.15, -0.1) is 0 Å². The van der Waals surface area contributed by atoms with Crippen LogP contribution < -0.4 is 5.32 Å². The number of nitriles is 1. The van der Waals surface area contributed by atoms with Crippen molar-refractivity contribution >= 4 is 6.03 Å². The zero-order valence-corrected chi connectivity index (χ0v) is 13.3. The molecule has 3 rings (SSSR count). The molecule has 1 aliphatic rings. The molecule has 1 heterocycles. The van der Waals surface area contributed by atoms with Crippen LogP contribution in [0.4, 0.5) is 9.18 Å². The summed E-state index contributed by atoms with van der Waals surface area (Å²) in [5.41, 5.74) is 0.609. The molecule has 2 amide bonds. The summed E-state index contributed by atoms with van der Waals surface area (Å²) in [5, 5.41) is 11.5. The molecule has 1 aromatic heterocycles. The number of hydrogen-bond acceptors (Lipinski definition) is 3. The van der Waals surface area contributed by atoms with Gasteiger partial charge in [-0.3, -0.25) is 0 Å². The number of amides is 2. The molecule has 0 aliphatic heterocycles. The van der Waals surface area contributed by atoms with Crippen LogP contribution in [0.5, 0.6) is 0 Å². The van der Waals surface area contributed by atoms with E-state index in [0.717, 1.165) is 18.6 Å². The monoisotopic (exact) mass is 327 g/mol. The first-order valence-corrected chi connectivity index (χ1v) is 7.88. The topological polar surface area (TPSA) is 69.3 Å². The Morgan fingerprint density at radius 3 is 2.88 bits per heavy atom. The highest BCUT2D eigenvalue weighted by molar-refractivity contribution is 5.75. The van der Waals surface area contributed by atoms with Crippen LogP contribution in [0.25, 0.3) is 0 Å². The Kier molecular flexibility index (Phi) is 4.52. The molecular formula is C18H18FN3O2. The molecule has 1 aromatic carbocycles. The maximum absolute atomic E-state index is 13.9. The van der Waals surface area contributed by atoms with Crippen molar-refractivity contribution in [1.82, 2.24) is 10.2 Å². The smallest absolute Gasteiger partial charge is 0.318 e. The number of benzene rings is 1. The van der Waals surface area contributed by atoms with Crippen LogP contribution in [0.1, 0.15) is 42.7 Å². The Morgan fingerprint density at radius 1 is 1.50 bits per heavy atom. The molecule has 1 aliphatic carbocycles. The lowest BCUT2D eigenvalue weighted by molar-refractivity contribution is 0.166. The molecule has 0 radical (unpaired) electrons. The molecule has 1 fully saturated rings. The van der Waals surface area contributed by atoms with Crippen LogP contribution in [0.3, 0.4) is 0 Å². The van der Waals surface area contributed by atoms with Gasteiger partial charge in [-0.05, 0) is 44.0 Å². The van der Waals surface area contributed by atoms with Crippen molar-refractivity contribution < 1.29 is 13.6 Å². The molecule has 0 saturated heterocycles. The lowest BCUT2D eigenvalue weighted by atomic mass is 10.1. The highest BCUT2D eigenvalue weighted by atomic mass is 19.1. The van der Waals surface area contributed by atoms with Gasteiger partial charge in [-0.1, -0.05) is 6.07 Å². The Morgan fingerprint density at radius 2 is 2.29 bits per heavy atom. The van der Waals surface area contributed by atoms with Crippen molar-refractivity contribution in [3.63, 3.8) is 0 Å². The summed E-state index contributed by atoms with van der Waals surface area (Å²) in [7, 11) is 0. The number of hydrogen-bond donors (Lipinski definition) is 1. The quantitative estimate of drug-likeness (QED) is 0.910. The van der Waals surface area contributed by atoms with E-state index in [2.05, 4.69) is 5.32 Å².